The van der Waals surface area contributed by atoms with Crippen molar-refractivity contribution >= 4 is 0 Å². The van der Waals surface area contributed by atoms with Gasteiger partial charge in [-0.25, -0.2) is 4.39 Å². The van der Waals surface area contributed by atoms with Crippen LogP contribution < -0.4 is 10.5 Å². The van der Waals surface area contributed by atoms with E-state index in [2.05, 4.69) is 10.1 Å². The van der Waals surface area contributed by atoms with Gasteiger partial charge in [0.25, 0.3) is 0 Å². The Balaban J connectivity index is 2.03. The van der Waals surface area contributed by atoms with E-state index in [0.29, 0.717) is 30.3 Å². The molecule has 1 aromatic carbocycles. The van der Waals surface area contributed by atoms with Gasteiger partial charge in [-0.05, 0) is 31.0 Å². The summed E-state index contributed by atoms with van der Waals surface area (Å²) >= 11 is 0. The summed E-state index contributed by atoms with van der Waals surface area (Å²) in [6, 6.07) is 4.52. The minimum absolute atomic E-state index is 0.0334. The van der Waals surface area contributed by atoms with Crippen LogP contribution in [0.1, 0.15) is 31.1 Å². The Labute approximate surface area is 116 Å². The second-order valence-electron chi connectivity index (χ2n) is 4.72. The highest BCUT2D eigenvalue weighted by molar-refractivity contribution is 5.30. The summed E-state index contributed by atoms with van der Waals surface area (Å²) in [5.74, 6) is 1.09. The van der Waals surface area contributed by atoms with E-state index in [4.69, 9.17) is 15.0 Å². The third kappa shape index (κ3) is 4.03. The molecule has 108 valence electrons. The highest BCUT2D eigenvalue weighted by atomic mass is 19.1. The van der Waals surface area contributed by atoms with Gasteiger partial charge in [0, 0.05) is 18.5 Å². The van der Waals surface area contributed by atoms with Crippen LogP contribution in [0, 0.1) is 5.82 Å². The van der Waals surface area contributed by atoms with Crippen LogP contribution in [0.25, 0.3) is 0 Å². The molecule has 0 amide bonds. The number of aryl methyl sites for hydroxylation is 1. The fourth-order valence-corrected chi connectivity index (χ4v) is 1.83. The molecule has 1 atom stereocenters. The van der Waals surface area contributed by atoms with Crippen molar-refractivity contribution < 1.29 is 13.7 Å². The smallest absolute Gasteiger partial charge is 0.226 e. The maximum absolute atomic E-state index is 13.5. The van der Waals surface area contributed by atoms with Gasteiger partial charge in [0.1, 0.15) is 11.6 Å². The lowest BCUT2D eigenvalue weighted by molar-refractivity contribution is 0.283. The standard InChI is InChI=1S/C14H18FN3O2/c1-3-14-17-13(18-20-14)8-19-12-6-10(4-9(2)16)5-11(15)7-12/h5-7,9H,3-4,8,16H2,1-2H3. The molecule has 1 aromatic heterocycles. The van der Waals surface area contributed by atoms with Crippen molar-refractivity contribution in [1.82, 2.24) is 10.1 Å². The molecular weight excluding hydrogens is 261 g/mol. The molecule has 1 heterocycles. The summed E-state index contributed by atoms with van der Waals surface area (Å²) in [7, 11) is 0. The zero-order valence-corrected chi connectivity index (χ0v) is 11.6. The summed E-state index contributed by atoms with van der Waals surface area (Å²) in [6.45, 7) is 3.94. The fourth-order valence-electron chi connectivity index (χ4n) is 1.83. The number of hydrogen-bond acceptors (Lipinski definition) is 5. The van der Waals surface area contributed by atoms with E-state index < -0.39 is 0 Å². The van der Waals surface area contributed by atoms with Gasteiger partial charge in [0.15, 0.2) is 6.61 Å². The molecule has 0 saturated carbocycles. The Kier molecular flexibility index (Phi) is 4.68. The Morgan fingerprint density at radius 1 is 1.40 bits per heavy atom. The lowest BCUT2D eigenvalue weighted by Gasteiger charge is -2.09. The number of aromatic nitrogens is 2. The van der Waals surface area contributed by atoms with E-state index in [1.165, 1.54) is 12.1 Å². The van der Waals surface area contributed by atoms with Gasteiger partial charge in [-0.3, -0.25) is 0 Å². The number of ether oxygens (including phenoxy) is 1. The van der Waals surface area contributed by atoms with Gasteiger partial charge in [-0.15, -0.1) is 0 Å². The molecule has 0 aliphatic carbocycles. The zero-order chi connectivity index (χ0) is 14.5. The van der Waals surface area contributed by atoms with E-state index in [0.717, 1.165) is 5.56 Å². The molecule has 2 aromatic rings. The Hall–Kier alpha value is -1.95. The predicted molar refractivity (Wildman–Crippen MR) is 71.8 cm³/mol. The third-order valence-electron chi connectivity index (χ3n) is 2.67. The predicted octanol–water partition coefficient (Wildman–Crippen LogP) is 2.24. The van der Waals surface area contributed by atoms with Crippen molar-refractivity contribution in [2.75, 3.05) is 0 Å². The Morgan fingerprint density at radius 3 is 2.85 bits per heavy atom. The lowest BCUT2D eigenvalue weighted by Crippen LogP contribution is -2.17. The summed E-state index contributed by atoms with van der Waals surface area (Å²) in [5.41, 5.74) is 6.52. The topological polar surface area (TPSA) is 74.2 Å². The highest BCUT2D eigenvalue weighted by Gasteiger charge is 2.08. The van der Waals surface area contributed by atoms with E-state index >= 15 is 0 Å². The molecule has 0 aliphatic heterocycles. The van der Waals surface area contributed by atoms with E-state index in [1.54, 1.807) is 6.07 Å². The molecule has 1 unspecified atom stereocenters. The van der Waals surface area contributed by atoms with Crippen LogP contribution >= 0.6 is 0 Å². The molecule has 0 fully saturated rings. The fraction of sp³-hybridized carbons (Fsp3) is 0.429. The summed E-state index contributed by atoms with van der Waals surface area (Å²) < 4.78 is 23.9. The molecule has 20 heavy (non-hydrogen) atoms. The Bertz CT molecular complexity index is 569. The largest absolute Gasteiger partial charge is 0.485 e. The van der Waals surface area contributed by atoms with Gasteiger partial charge in [0.05, 0.1) is 0 Å². The van der Waals surface area contributed by atoms with Gasteiger partial charge in [-0.1, -0.05) is 12.1 Å². The molecular formula is C14H18FN3O2. The molecule has 0 bridgehead atoms. The van der Waals surface area contributed by atoms with Crippen molar-refractivity contribution in [3.63, 3.8) is 0 Å². The molecule has 5 nitrogen and oxygen atoms in total. The number of hydrogen-bond donors (Lipinski definition) is 1. The minimum Gasteiger partial charge on any atom is -0.485 e. The molecule has 0 spiro atoms. The summed E-state index contributed by atoms with van der Waals surface area (Å²) in [4.78, 5) is 4.12. The number of nitrogens with two attached hydrogens (primary N) is 1. The van der Waals surface area contributed by atoms with Crippen molar-refractivity contribution in [3.05, 3.63) is 41.3 Å². The third-order valence-corrected chi connectivity index (χ3v) is 2.67. The molecule has 2 N–H and O–H groups in total. The lowest BCUT2D eigenvalue weighted by atomic mass is 10.1. The first-order chi connectivity index (χ1) is 9.56. The minimum atomic E-state index is -0.347. The second-order valence-corrected chi connectivity index (χ2v) is 4.72. The molecule has 0 radical (unpaired) electrons. The van der Waals surface area contributed by atoms with Gasteiger partial charge in [-0.2, -0.15) is 4.98 Å². The van der Waals surface area contributed by atoms with E-state index in [9.17, 15) is 4.39 Å². The molecule has 2 rings (SSSR count). The van der Waals surface area contributed by atoms with Crippen LogP contribution in [0.5, 0.6) is 5.75 Å². The zero-order valence-electron chi connectivity index (χ0n) is 11.6. The number of halogens is 1. The van der Waals surface area contributed by atoms with Crippen LogP contribution in [0.15, 0.2) is 22.7 Å². The maximum Gasteiger partial charge on any atom is 0.226 e. The van der Waals surface area contributed by atoms with Crippen LogP contribution in [0.3, 0.4) is 0 Å². The molecule has 0 aliphatic rings. The average molecular weight is 279 g/mol. The van der Waals surface area contributed by atoms with Crippen molar-refractivity contribution in [1.29, 1.82) is 0 Å². The summed E-state index contributed by atoms with van der Waals surface area (Å²) in [6.07, 6.45) is 1.27. The van der Waals surface area contributed by atoms with E-state index in [1.807, 2.05) is 13.8 Å². The van der Waals surface area contributed by atoms with Crippen LogP contribution in [0.2, 0.25) is 0 Å². The molecule has 0 saturated heterocycles. The number of rotatable bonds is 6. The van der Waals surface area contributed by atoms with Crippen molar-refractivity contribution in [3.8, 4) is 5.75 Å². The number of nitrogens with zero attached hydrogens (tertiary/aromatic N) is 2. The van der Waals surface area contributed by atoms with Crippen LogP contribution in [0.4, 0.5) is 4.39 Å². The van der Waals surface area contributed by atoms with Crippen molar-refractivity contribution in [2.24, 2.45) is 5.73 Å². The highest BCUT2D eigenvalue weighted by Crippen LogP contribution is 2.18. The number of benzene rings is 1. The van der Waals surface area contributed by atoms with Crippen LogP contribution in [-0.4, -0.2) is 16.2 Å². The summed E-state index contributed by atoms with van der Waals surface area (Å²) in [5, 5.41) is 3.77. The first-order valence-corrected chi connectivity index (χ1v) is 6.56. The SMILES string of the molecule is CCc1nc(COc2cc(F)cc(CC(C)N)c2)no1. The maximum atomic E-state index is 13.5. The first kappa shape index (κ1) is 14.5. The van der Waals surface area contributed by atoms with Crippen LogP contribution in [-0.2, 0) is 19.4 Å². The van der Waals surface area contributed by atoms with Crippen molar-refractivity contribution in [2.45, 2.75) is 39.3 Å². The quantitative estimate of drug-likeness (QED) is 0.877. The monoisotopic (exact) mass is 279 g/mol. The first-order valence-electron chi connectivity index (χ1n) is 6.56. The average Bonchev–Trinajstić information content (AvgIpc) is 2.83. The van der Waals surface area contributed by atoms with Gasteiger partial charge in [0.2, 0.25) is 11.7 Å². The van der Waals surface area contributed by atoms with E-state index in [-0.39, 0.29) is 18.5 Å². The van der Waals surface area contributed by atoms with Gasteiger partial charge >= 0.3 is 0 Å². The normalized spacial score (nSPS) is 12.4. The molecule has 6 heteroatoms. The Morgan fingerprint density at radius 2 is 2.20 bits per heavy atom. The van der Waals surface area contributed by atoms with Gasteiger partial charge < -0.3 is 15.0 Å². The second kappa shape index (κ2) is 6.47.